The highest BCUT2D eigenvalue weighted by Gasteiger charge is 2.11. The third-order valence-electron chi connectivity index (χ3n) is 2.67. The summed E-state index contributed by atoms with van der Waals surface area (Å²) in [6.07, 6.45) is 0. The number of hydrogen-bond donors (Lipinski definition) is 1. The van der Waals surface area contributed by atoms with Gasteiger partial charge in [0, 0.05) is 25.8 Å². The second-order valence-corrected chi connectivity index (χ2v) is 5.98. The smallest absolute Gasteiger partial charge is 0.129 e. The van der Waals surface area contributed by atoms with Gasteiger partial charge in [-0.1, -0.05) is 45.2 Å². The standard InChI is InChI=1S/C14H11BrCl2FN/c1-8(13-3-2-9(15)4-14(13)18)19-12-6-10(16)5-11(17)7-12/h2-8,19H,1H3. The molecule has 0 fully saturated rings. The van der Waals surface area contributed by atoms with Crippen LogP contribution in [0.3, 0.4) is 0 Å². The highest BCUT2D eigenvalue weighted by molar-refractivity contribution is 9.10. The van der Waals surface area contributed by atoms with Crippen molar-refractivity contribution in [2.24, 2.45) is 0 Å². The van der Waals surface area contributed by atoms with Gasteiger partial charge in [0.25, 0.3) is 0 Å². The minimum Gasteiger partial charge on any atom is -0.378 e. The SMILES string of the molecule is CC(Nc1cc(Cl)cc(Cl)c1)c1ccc(Br)cc1F. The van der Waals surface area contributed by atoms with Gasteiger partial charge in [0.05, 0.1) is 6.04 Å². The monoisotopic (exact) mass is 361 g/mol. The quantitative estimate of drug-likeness (QED) is 0.698. The third-order valence-corrected chi connectivity index (χ3v) is 3.60. The third kappa shape index (κ3) is 3.85. The van der Waals surface area contributed by atoms with Gasteiger partial charge < -0.3 is 5.32 Å². The molecule has 1 nitrogen and oxygen atoms in total. The molecule has 0 bridgehead atoms. The van der Waals surface area contributed by atoms with Crippen molar-refractivity contribution in [3.63, 3.8) is 0 Å². The Kier molecular flexibility index (Phi) is 4.71. The summed E-state index contributed by atoms with van der Waals surface area (Å²) in [6.45, 7) is 1.88. The Morgan fingerprint density at radius 3 is 2.32 bits per heavy atom. The lowest BCUT2D eigenvalue weighted by Crippen LogP contribution is -2.08. The van der Waals surface area contributed by atoms with Crippen molar-refractivity contribution in [3.05, 3.63) is 62.3 Å². The molecule has 0 radical (unpaired) electrons. The minimum absolute atomic E-state index is 0.192. The van der Waals surface area contributed by atoms with E-state index in [0.29, 0.717) is 20.1 Å². The zero-order valence-corrected chi connectivity index (χ0v) is 13.2. The van der Waals surface area contributed by atoms with Crippen LogP contribution in [0.5, 0.6) is 0 Å². The van der Waals surface area contributed by atoms with E-state index in [1.54, 1.807) is 24.3 Å². The van der Waals surface area contributed by atoms with E-state index in [1.807, 2.05) is 13.0 Å². The normalized spacial score (nSPS) is 12.3. The number of hydrogen-bond acceptors (Lipinski definition) is 1. The van der Waals surface area contributed by atoms with Crippen LogP contribution >= 0.6 is 39.1 Å². The molecule has 1 unspecified atom stereocenters. The Morgan fingerprint density at radius 2 is 1.74 bits per heavy atom. The first-order valence-corrected chi connectivity index (χ1v) is 7.18. The van der Waals surface area contributed by atoms with Crippen molar-refractivity contribution < 1.29 is 4.39 Å². The summed E-state index contributed by atoms with van der Waals surface area (Å²) in [5.74, 6) is -0.262. The van der Waals surface area contributed by atoms with E-state index in [-0.39, 0.29) is 11.9 Å². The zero-order valence-electron chi connectivity index (χ0n) is 10.1. The maximum absolute atomic E-state index is 13.8. The van der Waals surface area contributed by atoms with Crippen LogP contribution in [0.15, 0.2) is 40.9 Å². The van der Waals surface area contributed by atoms with Crippen LogP contribution in [0.25, 0.3) is 0 Å². The summed E-state index contributed by atoms with van der Waals surface area (Å²) in [5.41, 5.74) is 1.34. The summed E-state index contributed by atoms with van der Waals surface area (Å²) in [5, 5.41) is 4.26. The summed E-state index contributed by atoms with van der Waals surface area (Å²) in [7, 11) is 0. The molecule has 100 valence electrons. The molecule has 0 saturated heterocycles. The lowest BCUT2D eigenvalue weighted by Gasteiger charge is -2.17. The van der Waals surface area contributed by atoms with Gasteiger partial charge in [0.2, 0.25) is 0 Å². The maximum atomic E-state index is 13.8. The van der Waals surface area contributed by atoms with Gasteiger partial charge >= 0.3 is 0 Å². The molecule has 2 rings (SSSR count). The van der Waals surface area contributed by atoms with Gasteiger partial charge in [-0.15, -0.1) is 0 Å². The first-order valence-electron chi connectivity index (χ1n) is 5.63. The Balaban J connectivity index is 2.22. The highest BCUT2D eigenvalue weighted by atomic mass is 79.9. The van der Waals surface area contributed by atoms with Gasteiger partial charge in [-0.2, -0.15) is 0 Å². The van der Waals surface area contributed by atoms with Crippen molar-refractivity contribution in [2.75, 3.05) is 5.32 Å². The van der Waals surface area contributed by atoms with Crippen LogP contribution < -0.4 is 5.32 Å². The van der Waals surface area contributed by atoms with E-state index in [0.717, 1.165) is 5.69 Å². The van der Waals surface area contributed by atoms with E-state index in [2.05, 4.69) is 21.2 Å². The molecule has 2 aromatic rings. The molecular weight excluding hydrogens is 352 g/mol. The molecule has 0 aromatic heterocycles. The number of nitrogens with one attached hydrogen (secondary N) is 1. The highest BCUT2D eigenvalue weighted by Crippen LogP contribution is 2.27. The van der Waals surface area contributed by atoms with Crippen molar-refractivity contribution >= 4 is 44.8 Å². The molecule has 0 aliphatic rings. The molecule has 0 aliphatic heterocycles. The second-order valence-electron chi connectivity index (χ2n) is 4.19. The average Bonchev–Trinajstić information content (AvgIpc) is 2.26. The fraction of sp³-hybridized carbons (Fsp3) is 0.143. The number of benzene rings is 2. The molecule has 2 aromatic carbocycles. The van der Waals surface area contributed by atoms with Crippen LogP contribution in [-0.2, 0) is 0 Å². The largest absolute Gasteiger partial charge is 0.378 e. The minimum atomic E-state index is -0.262. The van der Waals surface area contributed by atoms with Gasteiger partial charge in [0.1, 0.15) is 5.82 Å². The fourth-order valence-electron chi connectivity index (χ4n) is 1.82. The first kappa shape index (κ1) is 14.6. The van der Waals surface area contributed by atoms with Crippen LogP contribution in [0.2, 0.25) is 10.0 Å². The fourth-order valence-corrected chi connectivity index (χ4v) is 2.68. The molecule has 1 N–H and O–H groups in total. The van der Waals surface area contributed by atoms with Gasteiger partial charge in [-0.05, 0) is 37.3 Å². The second kappa shape index (κ2) is 6.12. The Bertz CT molecular complexity index is 584. The Labute approximate surface area is 129 Å². The van der Waals surface area contributed by atoms with E-state index in [4.69, 9.17) is 23.2 Å². The average molecular weight is 363 g/mol. The van der Waals surface area contributed by atoms with Crippen molar-refractivity contribution in [3.8, 4) is 0 Å². The number of anilines is 1. The number of rotatable bonds is 3. The van der Waals surface area contributed by atoms with E-state index in [1.165, 1.54) is 6.07 Å². The van der Waals surface area contributed by atoms with Gasteiger partial charge in [-0.3, -0.25) is 0 Å². The van der Waals surface area contributed by atoms with Crippen molar-refractivity contribution in [1.82, 2.24) is 0 Å². The molecule has 0 saturated carbocycles. The lowest BCUT2D eigenvalue weighted by atomic mass is 10.1. The van der Waals surface area contributed by atoms with Gasteiger partial charge in [-0.25, -0.2) is 4.39 Å². The molecule has 1 atom stereocenters. The Hall–Kier alpha value is -0.770. The van der Waals surface area contributed by atoms with E-state index >= 15 is 0 Å². The summed E-state index contributed by atoms with van der Waals surface area (Å²) in [6, 6.07) is 9.95. The summed E-state index contributed by atoms with van der Waals surface area (Å²) >= 11 is 15.1. The molecule has 0 amide bonds. The van der Waals surface area contributed by atoms with Crippen molar-refractivity contribution in [2.45, 2.75) is 13.0 Å². The van der Waals surface area contributed by atoms with Crippen LogP contribution in [-0.4, -0.2) is 0 Å². The number of halogens is 4. The lowest BCUT2D eigenvalue weighted by molar-refractivity contribution is 0.599. The zero-order chi connectivity index (χ0) is 14.0. The molecule has 19 heavy (non-hydrogen) atoms. The van der Waals surface area contributed by atoms with E-state index in [9.17, 15) is 4.39 Å². The molecular formula is C14H11BrCl2FN. The molecule has 5 heteroatoms. The van der Waals surface area contributed by atoms with Gasteiger partial charge in [0.15, 0.2) is 0 Å². The summed E-state index contributed by atoms with van der Waals surface area (Å²) < 4.78 is 14.6. The topological polar surface area (TPSA) is 12.0 Å². The first-order chi connectivity index (χ1) is 8.95. The molecule has 0 heterocycles. The van der Waals surface area contributed by atoms with Crippen LogP contribution in [0.4, 0.5) is 10.1 Å². The molecule has 0 spiro atoms. The summed E-state index contributed by atoms with van der Waals surface area (Å²) in [4.78, 5) is 0. The Morgan fingerprint density at radius 1 is 1.11 bits per heavy atom. The van der Waals surface area contributed by atoms with Crippen molar-refractivity contribution in [1.29, 1.82) is 0 Å². The molecule has 0 aliphatic carbocycles. The van der Waals surface area contributed by atoms with Crippen LogP contribution in [0.1, 0.15) is 18.5 Å². The predicted molar refractivity (Wildman–Crippen MR) is 82.6 cm³/mol. The maximum Gasteiger partial charge on any atom is 0.129 e. The predicted octanol–water partition coefficient (Wildman–Crippen LogP) is 6.07. The van der Waals surface area contributed by atoms with E-state index < -0.39 is 0 Å². The van der Waals surface area contributed by atoms with Crippen LogP contribution in [0, 0.1) is 5.82 Å².